The molecule has 0 unspecified atom stereocenters. The van der Waals surface area contributed by atoms with Crippen molar-refractivity contribution in [3.05, 3.63) is 59.7 Å². The molecule has 7 amide bonds. The van der Waals surface area contributed by atoms with E-state index in [0.717, 1.165) is 30.4 Å². The monoisotopic (exact) mass is 952 g/mol. The van der Waals surface area contributed by atoms with Crippen molar-refractivity contribution >= 4 is 47.7 Å². The normalized spacial score (nSPS) is 13.2. The third-order valence-corrected chi connectivity index (χ3v) is 10.2. The number of hydrogen-bond donors (Lipinski definition) is 8. The Morgan fingerprint density at radius 2 is 1.07 bits per heavy atom. The van der Waals surface area contributed by atoms with Crippen LogP contribution in [0.5, 0.6) is 0 Å². The van der Waals surface area contributed by atoms with Crippen LogP contribution in [-0.2, 0) is 39.9 Å². The zero-order valence-electron chi connectivity index (χ0n) is 41.7. The number of carbonyl (C=O) groups is 8. The third-order valence-electron chi connectivity index (χ3n) is 10.2. The summed E-state index contributed by atoms with van der Waals surface area (Å²) in [7, 11) is 0. The van der Waals surface area contributed by atoms with Gasteiger partial charge in [0, 0.05) is 31.6 Å². The van der Waals surface area contributed by atoms with Crippen LogP contribution in [0.4, 0.5) is 9.59 Å². The number of benzene rings is 2. The molecule has 2 aromatic rings. The molecule has 0 aliphatic heterocycles. The van der Waals surface area contributed by atoms with Crippen LogP contribution < -0.4 is 37.2 Å². The zero-order chi connectivity index (χ0) is 51.0. The zero-order valence-corrected chi connectivity index (χ0v) is 41.7. The van der Waals surface area contributed by atoms with Gasteiger partial charge in [-0.15, -0.1) is 0 Å². The van der Waals surface area contributed by atoms with Gasteiger partial charge in [-0.25, -0.2) is 14.4 Å². The van der Waals surface area contributed by atoms with Gasteiger partial charge in [-0.1, -0.05) is 63.6 Å². The Labute approximate surface area is 402 Å². The number of rotatable bonds is 27. The van der Waals surface area contributed by atoms with Crippen molar-refractivity contribution in [3.8, 4) is 11.1 Å². The lowest BCUT2D eigenvalue weighted by atomic mass is 10.0. The summed E-state index contributed by atoms with van der Waals surface area (Å²) in [6.07, 6.45) is 2.95. The van der Waals surface area contributed by atoms with Gasteiger partial charge in [0.1, 0.15) is 35.4 Å². The second-order valence-corrected chi connectivity index (χ2v) is 19.3. The van der Waals surface area contributed by atoms with Crippen LogP contribution >= 0.6 is 0 Å². The van der Waals surface area contributed by atoms with Crippen molar-refractivity contribution in [1.29, 1.82) is 0 Å². The highest BCUT2D eigenvalue weighted by atomic mass is 16.6. The predicted molar refractivity (Wildman–Crippen MR) is 259 cm³/mol. The van der Waals surface area contributed by atoms with E-state index < -0.39 is 77.2 Å². The lowest BCUT2D eigenvalue weighted by Gasteiger charge is -2.25. The number of amides is 7. The summed E-state index contributed by atoms with van der Waals surface area (Å²) in [5.41, 5.74) is 2.20. The lowest BCUT2D eigenvalue weighted by molar-refractivity contribution is -0.142. The fourth-order valence-corrected chi connectivity index (χ4v) is 6.68. The Morgan fingerprint density at radius 1 is 0.574 bits per heavy atom. The molecule has 0 heterocycles. The standard InChI is InChI=1S/C50H77N7O11/c1-11-12-16-34-19-21-35(22-20-34)36-23-25-37(26-24-36)43(60)51-30-27-41(58)55-38(17-13-14-28-52-47(65)67-49(5,6)7)45(62)56-39(18-15-29-53-48(66)68-50(8,9)10)44(61)54-33(4)42(59)57-40(46(63)64)31-32(2)3/h19-26,32-33,38-40H,11-18,27-31H2,1-10H3,(H,51,60)(H,52,65)(H,53,66)(H,54,61)(H,55,58)(H,56,62)(H,57,59)(H,63,64)/t33-,38-,39-,40-/m0/s1. The summed E-state index contributed by atoms with van der Waals surface area (Å²) in [6.45, 7) is 17.7. The Morgan fingerprint density at radius 3 is 1.60 bits per heavy atom. The molecule has 0 radical (unpaired) electrons. The number of aliphatic carboxylic acids is 1. The highest BCUT2D eigenvalue weighted by molar-refractivity contribution is 5.96. The number of carboxylic acids is 1. The van der Waals surface area contributed by atoms with E-state index in [2.05, 4.69) is 68.4 Å². The summed E-state index contributed by atoms with van der Waals surface area (Å²) >= 11 is 0. The van der Waals surface area contributed by atoms with E-state index in [9.17, 15) is 43.5 Å². The molecular formula is C50H77N7O11. The van der Waals surface area contributed by atoms with Crippen molar-refractivity contribution in [1.82, 2.24) is 37.2 Å². The fourth-order valence-electron chi connectivity index (χ4n) is 6.68. The maximum atomic E-state index is 14.0. The van der Waals surface area contributed by atoms with Crippen LogP contribution in [0.25, 0.3) is 11.1 Å². The second-order valence-electron chi connectivity index (χ2n) is 19.3. The Hall–Kier alpha value is -6.20. The summed E-state index contributed by atoms with van der Waals surface area (Å²) < 4.78 is 10.6. The Bertz CT molecular complexity index is 1960. The van der Waals surface area contributed by atoms with E-state index in [1.54, 1.807) is 53.7 Å². The first-order valence-corrected chi connectivity index (χ1v) is 23.7. The van der Waals surface area contributed by atoms with Gasteiger partial charge in [-0.3, -0.25) is 24.0 Å². The van der Waals surface area contributed by atoms with Crippen LogP contribution in [0.1, 0.15) is 143 Å². The minimum atomic E-state index is -1.27. The molecule has 4 atom stereocenters. The van der Waals surface area contributed by atoms with E-state index in [0.29, 0.717) is 18.4 Å². The third kappa shape index (κ3) is 24.0. The maximum absolute atomic E-state index is 14.0. The SMILES string of the molecule is CCCCc1ccc(-c2ccc(C(=O)NCCC(=O)N[C@@H](CCCCNC(=O)OC(C)(C)C)C(=O)N[C@@H](CCCNC(=O)OC(C)(C)C)C(=O)N[C@@H](C)C(=O)N[C@@H](CC(C)C)C(=O)O)cc2)cc1. The van der Waals surface area contributed by atoms with Gasteiger partial charge in [0.05, 0.1) is 0 Å². The second kappa shape index (κ2) is 28.9. The lowest BCUT2D eigenvalue weighted by Crippen LogP contribution is -2.57. The van der Waals surface area contributed by atoms with Gasteiger partial charge in [0.2, 0.25) is 23.6 Å². The first-order chi connectivity index (χ1) is 31.9. The number of nitrogens with one attached hydrogen (secondary N) is 7. The van der Waals surface area contributed by atoms with Crippen molar-refractivity contribution in [2.45, 2.75) is 169 Å². The molecule has 0 saturated carbocycles. The Balaban J connectivity index is 2.20. The number of hydrogen-bond acceptors (Lipinski definition) is 10. The number of unbranched alkanes of at least 4 members (excludes halogenated alkanes) is 2. The van der Waals surface area contributed by atoms with Crippen LogP contribution in [0.2, 0.25) is 0 Å². The van der Waals surface area contributed by atoms with E-state index in [4.69, 9.17) is 9.47 Å². The maximum Gasteiger partial charge on any atom is 0.407 e. The van der Waals surface area contributed by atoms with Gasteiger partial charge in [-0.05, 0) is 135 Å². The van der Waals surface area contributed by atoms with Crippen molar-refractivity contribution in [3.63, 3.8) is 0 Å². The quantitative estimate of drug-likeness (QED) is 0.0489. The molecule has 2 aromatic carbocycles. The molecule has 0 spiro atoms. The molecule has 0 aliphatic carbocycles. The molecule has 0 bridgehead atoms. The topological polar surface area (TPSA) is 259 Å². The molecule has 378 valence electrons. The van der Waals surface area contributed by atoms with Crippen LogP contribution in [0.3, 0.4) is 0 Å². The molecule has 18 heteroatoms. The van der Waals surface area contributed by atoms with Crippen molar-refractivity contribution < 1.29 is 52.9 Å². The number of aryl methyl sites for hydroxylation is 1. The van der Waals surface area contributed by atoms with Crippen LogP contribution in [-0.4, -0.2) is 108 Å². The summed E-state index contributed by atoms with van der Waals surface area (Å²) in [5.74, 6) is -4.46. The molecule has 8 N–H and O–H groups in total. The molecule has 18 nitrogen and oxygen atoms in total. The van der Waals surface area contributed by atoms with Crippen LogP contribution in [0.15, 0.2) is 48.5 Å². The predicted octanol–water partition coefficient (Wildman–Crippen LogP) is 5.91. The smallest absolute Gasteiger partial charge is 0.407 e. The van der Waals surface area contributed by atoms with Crippen molar-refractivity contribution in [2.24, 2.45) is 5.92 Å². The van der Waals surface area contributed by atoms with Gasteiger partial charge in [-0.2, -0.15) is 0 Å². The highest BCUT2D eigenvalue weighted by Crippen LogP contribution is 2.21. The van der Waals surface area contributed by atoms with Gasteiger partial charge < -0.3 is 51.8 Å². The number of carbonyl (C=O) groups excluding carboxylic acids is 7. The van der Waals surface area contributed by atoms with Gasteiger partial charge >= 0.3 is 18.2 Å². The highest BCUT2D eigenvalue weighted by Gasteiger charge is 2.30. The minimum Gasteiger partial charge on any atom is -0.480 e. The molecular weight excluding hydrogens is 875 g/mol. The largest absolute Gasteiger partial charge is 0.480 e. The van der Waals surface area contributed by atoms with Gasteiger partial charge in [0.25, 0.3) is 5.91 Å². The van der Waals surface area contributed by atoms with Gasteiger partial charge in [0.15, 0.2) is 0 Å². The van der Waals surface area contributed by atoms with Crippen molar-refractivity contribution in [2.75, 3.05) is 19.6 Å². The van der Waals surface area contributed by atoms with E-state index in [1.165, 1.54) is 12.5 Å². The molecule has 68 heavy (non-hydrogen) atoms. The summed E-state index contributed by atoms with van der Waals surface area (Å²) in [5, 5.41) is 28.0. The van der Waals surface area contributed by atoms with Crippen LogP contribution in [0, 0.1) is 5.92 Å². The average molecular weight is 952 g/mol. The molecule has 0 saturated heterocycles. The first kappa shape index (κ1) is 57.9. The summed E-state index contributed by atoms with van der Waals surface area (Å²) in [4.78, 5) is 104. The molecule has 2 rings (SSSR count). The van der Waals surface area contributed by atoms with E-state index in [-0.39, 0.29) is 63.6 Å². The average Bonchev–Trinajstić information content (AvgIpc) is 3.24. The first-order valence-electron chi connectivity index (χ1n) is 23.7. The molecule has 0 aromatic heterocycles. The fraction of sp³-hybridized carbons (Fsp3) is 0.600. The molecule has 0 fully saturated rings. The van der Waals surface area contributed by atoms with E-state index in [1.807, 2.05) is 26.0 Å². The molecule has 0 aliphatic rings. The number of ether oxygens (including phenoxy) is 2. The Kier molecular flexibility index (Phi) is 24.6. The van der Waals surface area contributed by atoms with E-state index >= 15 is 0 Å². The summed E-state index contributed by atoms with van der Waals surface area (Å²) in [6, 6.07) is 10.6. The number of alkyl carbamates (subject to hydrolysis) is 2. The minimum absolute atomic E-state index is 0.0222. The number of carboxylic acid groups (broad SMARTS) is 1.